The van der Waals surface area contributed by atoms with Crippen LogP contribution in [0.4, 0.5) is 4.79 Å². The van der Waals surface area contributed by atoms with Crippen molar-refractivity contribution in [3.63, 3.8) is 0 Å². The molecule has 1 spiro atoms. The predicted molar refractivity (Wildman–Crippen MR) is 111 cm³/mol. The lowest BCUT2D eigenvalue weighted by Gasteiger charge is -2.44. The van der Waals surface area contributed by atoms with E-state index < -0.39 is 5.54 Å². The van der Waals surface area contributed by atoms with Gasteiger partial charge >= 0.3 is 6.03 Å². The molecule has 3 aliphatic heterocycles. The highest BCUT2D eigenvalue weighted by atomic mass is 16.5. The van der Waals surface area contributed by atoms with E-state index >= 15 is 0 Å². The van der Waals surface area contributed by atoms with Crippen LogP contribution in [0.3, 0.4) is 0 Å². The molecule has 0 unspecified atom stereocenters. The van der Waals surface area contributed by atoms with Crippen molar-refractivity contribution in [1.82, 2.24) is 19.6 Å². The number of nitrogens with zero attached hydrogens (tertiary/aromatic N) is 4. The zero-order chi connectivity index (χ0) is 21.3. The highest BCUT2D eigenvalue weighted by molar-refractivity contribution is 6.07. The first-order valence-electron chi connectivity index (χ1n) is 10.7. The number of likely N-dealkylation sites (tertiary alicyclic amines) is 1. The van der Waals surface area contributed by atoms with E-state index in [9.17, 15) is 14.4 Å². The Bertz CT molecular complexity index is 807. The number of urea groups is 1. The fraction of sp³-hybridized carbons (Fsp3) is 0.591. The van der Waals surface area contributed by atoms with E-state index in [1.165, 1.54) is 4.90 Å². The van der Waals surface area contributed by atoms with Crippen molar-refractivity contribution in [3.05, 3.63) is 35.9 Å². The number of carbonyl (C=O) groups is 3. The zero-order valence-electron chi connectivity index (χ0n) is 17.7. The Labute approximate surface area is 177 Å². The van der Waals surface area contributed by atoms with Crippen molar-refractivity contribution in [2.24, 2.45) is 0 Å². The van der Waals surface area contributed by atoms with Crippen molar-refractivity contribution in [2.75, 3.05) is 46.4 Å². The first kappa shape index (κ1) is 20.8. The van der Waals surface area contributed by atoms with Gasteiger partial charge in [-0.2, -0.15) is 0 Å². The molecule has 0 N–H and O–H groups in total. The molecular formula is C22H30N4O4. The van der Waals surface area contributed by atoms with Gasteiger partial charge < -0.3 is 14.5 Å². The van der Waals surface area contributed by atoms with Crippen LogP contribution in [0.2, 0.25) is 0 Å². The molecule has 3 fully saturated rings. The van der Waals surface area contributed by atoms with E-state index in [2.05, 4.69) is 0 Å². The number of amides is 4. The minimum absolute atomic E-state index is 0.0470. The van der Waals surface area contributed by atoms with E-state index in [1.807, 2.05) is 54.1 Å². The number of benzene rings is 1. The smallest absolute Gasteiger partial charge is 0.327 e. The van der Waals surface area contributed by atoms with Gasteiger partial charge in [-0.05, 0) is 32.4 Å². The highest BCUT2D eigenvalue weighted by Gasteiger charge is 2.57. The molecule has 162 valence electrons. The van der Waals surface area contributed by atoms with Gasteiger partial charge in [0.05, 0.1) is 13.2 Å². The van der Waals surface area contributed by atoms with Gasteiger partial charge in [0.1, 0.15) is 11.6 Å². The number of morpholine rings is 1. The number of hydrogen-bond donors (Lipinski definition) is 0. The third kappa shape index (κ3) is 3.48. The molecule has 4 amide bonds. The summed E-state index contributed by atoms with van der Waals surface area (Å²) in [7, 11) is 1.94. The second-order valence-corrected chi connectivity index (χ2v) is 8.33. The second kappa shape index (κ2) is 8.35. The summed E-state index contributed by atoms with van der Waals surface area (Å²) in [5.41, 5.74) is 0.129. The Hall–Kier alpha value is -2.45. The number of piperidine rings is 1. The number of rotatable bonds is 4. The van der Waals surface area contributed by atoms with Gasteiger partial charge in [-0.3, -0.25) is 19.4 Å². The standard InChI is InChI=1S/C22H30N4O4/c1-3-25-20(28)22(26(21(25)29)15-17-7-5-4-6-8-17)9-11-24(12-10-22)19(27)18-16-30-14-13-23(18)2/h4-8,18H,3,9-16H2,1-2H3/t18-/m1/s1. The lowest BCUT2D eigenvalue weighted by Crippen LogP contribution is -2.60. The number of carbonyl (C=O) groups excluding carboxylic acids is 3. The number of imide groups is 1. The van der Waals surface area contributed by atoms with Gasteiger partial charge in [0, 0.05) is 32.7 Å². The van der Waals surface area contributed by atoms with Crippen LogP contribution in [0.15, 0.2) is 30.3 Å². The van der Waals surface area contributed by atoms with Crippen LogP contribution in [0.5, 0.6) is 0 Å². The van der Waals surface area contributed by atoms with Crippen molar-refractivity contribution < 1.29 is 19.1 Å². The summed E-state index contributed by atoms with van der Waals surface area (Å²) in [5.74, 6) is -0.0815. The van der Waals surface area contributed by atoms with E-state index in [0.717, 1.165) is 12.1 Å². The minimum Gasteiger partial charge on any atom is -0.378 e. The van der Waals surface area contributed by atoms with Gasteiger partial charge in [-0.25, -0.2) is 4.79 Å². The minimum atomic E-state index is -0.866. The first-order valence-corrected chi connectivity index (χ1v) is 10.7. The average Bonchev–Trinajstić information content (AvgIpc) is 2.96. The van der Waals surface area contributed by atoms with Crippen LogP contribution in [-0.4, -0.2) is 95.5 Å². The van der Waals surface area contributed by atoms with Crippen molar-refractivity contribution in [3.8, 4) is 0 Å². The van der Waals surface area contributed by atoms with Crippen LogP contribution in [0.25, 0.3) is 0 Å². The molecule has 30 heavy (non-hydrogen) atoms. The van der Waals surface area contributed by atoms with Gasteiger partial charge in [-0.1, -0.05) is 30.3 Å². The van der Waals surface area contributed by atoms with Crippen molar-refractivity contribution >= 4 is 17.8 Å². The van der Waals surface area contributed by atoms with E-state index in [4.69, 9.17) is 4.74 Å². The fourth-order valence-electron chi connectivity index (χ4n) is 4.78. The lowest BCUT2D eigenvalue weighted by molar-refractivity contribution is -0.147. The molecule has 0 aliphatic carbocycles. The van der Waals surface area contributed by atoms with Gasteiger partial charge in [0.25, 0.3) is 5.91 Å². The predicted octanol–water partition coefficient (Wildman–Crippen LogP) is 1.16. The number of hydrogen-bond acceptors (Lipinski definition) is 5. The number of ether oxygens (including phenoxy) is 1. The molecule has 1 aromatic rings. The summed E-state index contributed by atoms with van der Waals surface area (Å²) in [6.07, 6.45) is 0.924. The fourth-order valence-corrected chi connectivity index (χ4v) is 4.78. The molecule has 4 rings (SSSR count). The molecule has 3 saturated heterocycles. The number of likely N-dealkylation sites (N-methyl/N-ethyl adjacent to an activating group) is 2. The van der Waals surface area contributed by atoms with Crippen LogP contribution in [-0.2, 0) is 20.9 Å². The molecule has 0 bridgehead atoms. The van der Waals surface area contributed by atoms with Crippen molar-refractivity contribution in [1.29, 1.82) is 0 Å². The largest absolute Gasteiger partial charge is 0.378 e. The summed E-state index contributed by atoms with van der Waals surface area (Å²) in [6, 6.07) is 9.24. The third-order valence-electron chi connectivity index (χ3n) is 6.70. The summed E-state index contributed by atoms with van der Waals surface area (Å²) in [5, 5.41) is 0. The zero-order valence-corrected chi connectivity index (χ0v) is 17.7. The van der Waals surface area contributed by atoms with E-state index in [1.54, 1.807) is 4.90 Å². The Morgan fingerprint density at radius 3 is 2.47 bits per heavy atom. The van der Waals surface area contributed by atoms with Gasteiger partial charge in [-0.15, -0.1) is 0 Å². The van der Waals surface area contributed by atoms with E-state index in [0.29, 0.717) is 52.2 Å². The highest BCUT2D eigenvalue weighted by Crippen LogP contribution is 2.38. The molecule has 0 aromatic heterocycles. The first-order chi connectivity index (χ1) is 14.5. The molecule has 8 nitrogen and oxygen atoms in total. The molecule has 0 saturated carbocycles. The van der Waals surface area contributed by atoms with Crippen molar-refractivity contribution in [2.45, 2.75) is 37.9 Å². The van der Waals surface area contributed by atoms with Gasteiger partial charge in [0.15, 0.2) is 0 Å². The molecular weight excluding hydrogens is 384 g/mol. The van der Waals surface area contributed by atoms with Crippen LogP contribution in [0, 0.1) is 0 Å². The topological polar surface area (TPSA) is 73.4 Å². The normalized spacial score (nSPS) is 24.7. The SMILES string of the molecule is CCN1C(=O)N(Cc2ccccc2)C2(CCN(C(=O)[C@H]3COCCN3C)CC2)C1=O. The van der Waals surface area contributed by atoms with Crippen LogP contribution < -0.4 is 0 Å². The van der Waals surface area contributed by atoms with Crippen LogP contribution in [0.1, 0.15) is 25.3 Å². The van der Waals surface area contributed by atoms with Crippen LogP contribution >= 0.6 is 0 Å². The maximum Gasteiger partial charge on any atom is 0.327 e. The summed E-state index contributed by atoms with van der Waals surface area (Å²) in [6.45, 7) is 5.28. The molecule has 1 atom stereocenters. The molecule has 8 heteroatoms. The summed E-state index contributed by atoms with van der Waals surface area (Å²) >= 11 is 0. The van der Waals surface area contributed by atoms with Gasteiger partial charge in [0.2, 0.25) is 5.91 Å². The Morgan fingerprint density at radius 1 is 1.13 bits per heavy atom. The Balaban J connectivity index is 1.52. The summed E-state index contributed by atoms with van der Waals surface area (Å²) < 4.78 is 5.50. The second-order valence-electron chi connectivity index (χ2n) is 8.33. The van der Waals surface area contributed by atoms with E-state index in [-0.39, 0.29) is 23.9 Å². The maximum absolute atomic E-state index is 13.3. The maximum atomic E-state index is 13.3. The molecule has 3 aliphatic rings. The lowest BCUT2D eigenvalue weighted by atomic mass is 9.85. The third-order valence-corrected chi connectivity index (χ3v) is 6.70. The average molecular weight is 415 g/mol. The molecule has 1 aromatic carbocycles. The Kier molecular flexibility index (Phi) is 5.79. The molecule has 3 heterocycles. The Morgan fingerprint density at radius 2 is 1.83 bits per heavy atom. The monoisotopic (exact) mass is 414 g/mol. The quantitative estimate of drug-likeness (QED) is 0.692. The summed E-state index contributed by atoms with van der Waals surface area (Å²) in [4.78, 5) is 46.3. The molecule has 0 radical (unpaired) electrons.